The van der Waals surface area contributed by atoms with Gasteiger partial charge in [-0.25, -0.2) is 4.79 Å². The van der Waals surface area contributed by atoms with Crippen LogP contribution in [-0.2, 0) is 9.53 Å². The maximum Gasteiger partial charge on any atom is 0.343 e. The molecule has 0 spiro atoms. The number of hydrogen-bond donors (Lipinski definition) is 3. The van der Waals surface area contributed by atoms with Crippen LogP contribution in [0.3, 0.4) is 0 Å². The summed E-state index contributed by atoms with van der Waals surface area (Å²) in [6.07, 6.45) is 1.01. The van der Waals surface area contributed by atoms with Crippen LogP contribution in [0.25, 0.3) is 0 Å². The van der Waals surface area contributed by atoms with Crippen molar-refractivity contribution in [1.29, 1.82) is 0 Å². The van der Waals surface area contributed by atoms with Crippen LogP contribution in [0.2, 0.25) is 0 Å². The van der Waals surface area contributed by atoms with Crippen LogP contribution >= 0.6 is 0 Å². The Bertz CT molecular complexity index is 532. The summed E-state index contributed by atoms with van der Waals surface area (Å²) >= 11 is 0. The lowest BCUT2D eigenvalue weighted by Crippen LogP contribution is -2.47. The molecule has 0 bridgehead atoms. The summed E-state index contributed by atoms with van der Waals surface area (Å²) in [5.74, 6) is -0.248. The lowest BCUT2D eigenvalue weighted by atomic mass is 10.1. The van der Waals surface area contributed by atoms with Gasteiger partial charge in [0, 0.05) is 12.1 Å². The van der Waals surface area contributed by atoms with Crippen LogP contribution in [0.1, 0.15) is 23.2 Å². The second-order valence-corrected chi connectivity index (χ2v) is 5.38. The summed E-state index contributed by atoms with van der Waals surface area (Å²) in [4.78, 5) is 23.2. The Balaban J connectivity index is 1.90. The molecule has 0 radical (unpaired) electrons. The first-order valence-corrected chi connectivity index (χ1v) is 7.59. The Labute approximate surface area is 135 Å². The van der Waals surface area contributed by atoms with Gasteiger partial charge >= 0.3 is 5.97 Å². The molecule has 23 heavy (non-hydrogen) atoms. The molecule has 1 amide bonds. The molecule has 1 saturated heterocycles. The third kappa shape index (κ3) is 5.22. The van der Waals surface area contributed by atoms with Gasteiger partial charge in [0.25, 0.3) is 5.91 Å². The van der Waals surface area contributed by atoms with Crippen molar-refractivity contribution in [1.82, 2.24) is 10.6 Å². The van der Waals surface area contributed by atoms with Gasteiger partial charge < -0.3 is 25.2 Å². The van der Waals surface area contributed by atoms with E-state index in [1.807, 2.05) is 0 Å². The zero-order chi connectivity index (χ0) is 16.7. The van der Waals surface area contributed by atoms with Gasteiger partial charge in [-0.05, 0) is 43.7 Å². The molecule has 0 aromatic heterocycles. The monoisotopic (exact) mass is 322 g/mol. The minimum absolute atomic E-state index is 0.179. The fraction of sp³-hybridized carbons (Fsp3) is 0.500. The third-order valence-electron chi connectivity index (χ3n) is 3.70. The minimum atomic E-state index is -0.545. The number of nitrogens with one attached hydrogen (secondary N) is 2. The highest BCUT2D eigenvalue weighted by molar-refractivity contribution is 5.94. The summed E-state index contributed by atoms with van der Waals surface area (Å²) < 4.78 is 9.70. The van der Waals surface area contributed by atoms with Crippen molar-refractivity contribution in [3.05, 3.63) is 29.8 Å². The highest BCUT2D eigenvalue weighted by Crippen LogP contribution is 2.13. The largest absolute Gasteiger partial charge is 0.482 e. The summed E-state index contributed by atoms with van der Waals surface area (Å²) in [6.45, 7) is 1.21. The molecule has 7 heteroatoms. The molecular weight excluding hydrogens is 300 g/mol. The topological polar surface area (TPSA) is 96.9 Å². The van der Waals surface area contributed by atoms with Crippen molar-refractivity contribution in [2.45, 2.75) is 25.0 Å². The molecule has 0 saturated carbocycles. The van der Waals surface area contributed by atoms with Gasteiger partial charge in [0.05, 0.1) is 19.3 Å². The van der Waals surface area contributed by atoms with Gasteiger partial charge in [-0.15, -0.1) is 0 Å². The van der Waals surface area contributed by atoms with E-state index in [4.69, 9.17) is 4.74 Å². The van der Waals surface area contributed by atoms with Crippen LogP contribution in [-0.4, -0.2) is 55.9 Å². The van der Waals surface area contributed by atoms with E-state index in [-0.39, 0.29) is 18.6 Å². The first-order valence-electron chi connectivity index (χ1n) is 7.59. The predicted molar refractivity (Wildman–Crippen MR) is 83.3 cm³/mol. The molecule has 1 aromatic carbocycles. The number of methoxy groups -OCH3 is 1. The minimum Gasteiger partial charge on any atom is -0.482 e. The lowest BCUT2D eigenvalue weighted by molar-refractivity contribution is -0.142. The number of aliphatic hydroxyl groups is 1. The zero-order valence-corrected chi connectivity index (χ0v) is 13.1. The summed E-state index contributed by atoms with van der Waals surface area (Å²) in [5, 5.41) is 16.0. The molecule has 1 aliphatic heterocycles. The quantitative estimate of drug-likeness (QED) is 0.665. The van der Waals surface area contributed by atoms with Gasteiger partial charge in [-0.2, -0.15) is 0 Å². The van der Waals surface area contributed by atoms with Crippen LogP contribution in [0.15, 0.2) is 24.3 Å². The van der Waals surface area contributed by atoms with E-state index < -0.39 is 12.1 Å². The summed E-state index contributed by atoms with van der Waals surface area (Å²) in [6, 6.07) is 6.14. The lowest BCUT2D eigenvalue weighted by Gasteiger charge is -2.21. The van der Waals surface area contributed by atoms with Crippen molar-refractivity contribution >= 4 is 11.9 Å². The molecule has 126 valence electrons. The Kier molecular flexibility index (Phi) is 6.37. The average molecular weight is 322 g/mol. The highest BCUT2D eigenvalue weighted by atomic mass is 16.6. The van der Waals surface area contributed by atoms with Crippen LogP contribution in [0.4, 0.5) is 0 Å². The molecule has 1 aliphatic rings. The van der Waals surface area contributed by atoms with Gasteiger partial charge in [-0.3, -0.25) is 4.79 Å². The number of rotatable bonds is 5. The first-order chi connectivity index (χ1) is 11.1. The molecule has 7 nitrogen and oxygen atoms in total. The SMILES string of the molecule is COC(=O)COc1ccc(C(=O)N[C@@H]2CNCCC[C@H]2O)cc1. The molecule has 3 N–H and O–H groups in total. The first kappa shape index (κ1) is 17.2. The van der Waals surface area contributed by atoms with E-state index in [0.717, 1.165) is 13.0 Å². The molecule has 0 unspecified atom stereocenters. The van der Waals surface area contributed by atoms with Crippen LogP contribution < -0.4 is 15.4 Å². The van der Waals surface area contributed by atoms with Crippen molar-refractivity contribution in [2.24, 2.45) is 0 Å². The number of ether oxygens (including phenoxy) is 2. The number of amides is 1. The van der Waals surface area contributed by atoms with Gasteiger partial charge in [-0.1, -0.05) is 0 Å². The standard InChI is InChI=1S/C16H22N2O5/c1-22-15(20)10-23-12-6-4-11(5-7-12)16(21)18-13-9-17-8-2-3-14(13)19/h4-7,13-14,17,19H,2-3,8-10H2,1H3,(H,18,21)/t13-,14-/m1/s1. The number of benzene rings is 1. The van der Waals surface area contributed by atoms with Crippen molar-refractivity contribution in [3.8, 4) is 5.75 Å². The normalized spacial score (nSPS) is 21.1. The van der Waals surface area contributed by atoms with Crippen LogP contribution in [0.5, 0.6) is 5.75 Å². The average Bonchev–Trinajstić information content (AvgIpc) is 2.77. The van der Waals surface area contributed by atoms with Gasteiger partial charge in [0.2, 0.25) is 0 Å². The second-order valence-electron chi connectivity index (χ2n) is 5.38. The highest BCUT2D eigenvalue weighted by Gasteiger charge is 2.23. The Morgan fingerprint density at radius 3 is 2.78 bits per heavy atom. The van der Waals surface area contributed by atoms with E-state index in [1.54, 1.807) is 24.3 Å². The van der Waals surface area contributed by atoms with E-state index in [9.17, 15) is 14.7 Å². The zero-order valence-electron chi connectivity index (χ0n) is 13.1. The van der Waals surface area contributed by atoms with Gasteiger partial charge in [0.1, 0.15) is 5.75 Å². The molecular formula is C16H22N2O5. The molecule has 0 aliphatic carbocycles. The fourth-order valence-electron chi connectivity index (χ4n) is 2.33. The molecule has 1 aromatic rings. The number of carbonyl (C=O) groups is 2. The van der Waals surface area contributed by atoms with Gasteiger partial charge in [0.15, 0.2) is 6.61 Å². The van der Waals surface area contributed by atoms with E-state index in [1.165, 1.54) is 7.11 Å². The van der Waals surface area contributed by atoms with Crippen LogP contribution in [0, 0.1) is 0 Å². The summed E-state index contributed by atoms with van der Waals surface area (Å²) in [7, 11) is 1.29. The number of esters is 1. The molecule has 2 rings (SSSR count). The maximum atomic E-state index is 12.2. The van der Waals surface area contributed by atoms with Crippen molar-refractivity contribution in [2.75, 3.05) is 26.8 Å². The Morgan fingerprint density at radius 2 is 2.09 bits per heavy atom. The fourth-order valence-corrected chi connectivity index (χ4v) is 2.33. The number of carbonyl (C=O) groups excluding carboxylic acids is 2. The number of hydrogen-bond acceptors (Lipinski definition) is 6. The maximum absolute atomic E-state index is 12.2. The second kappa shape index (κ2) is 8.50. The summed E-state index contributed by atoms with van der Waals surface area (Å²) in [5.41, 5.74) is 0.465. The van der Waals surface area contributed by atoms with E-state index in [2.05, 4.69) is 15.4 Å². The number of aliphatic hydroxyl groups excluding tert-OH is 1. The molecule has 1 heterocycles. The molecule has 1 fully saturated rings. The van der Waals surface area contributed by atoms with E-state index in [0.29, 0.717) is 24.3 Å². The Hall–Kier alpha value is -2.12. The predicted octanol–water partition coefficient (Wildman–Crippen LogP) is 0.0811. The van der Waals surface area contributed by atoms with Crippen molar-refractivity contribution in [3.63, 3.8) is 0 Å². The van der Waals surface area contributed by atoms with Crippen molar-refractivity contribution < 1.29 is 24.2 Å². The Morgan fingerprint density at radius 1 is 1.35 bits per heavy atom. The third-order valence-corrected chi connectivity index (χ3v) is 3.70. The smallest absolute Gasteiger partial charge is 0.343 e. The van der Waals surface area contributed by atoms with E-state index >= 15 is 0 Å². The molecule has 2 atom stereocenters.